The summed E-state index contributed by atoms with van der Waals surface area (Å²) in [7, 11) is 2.56. The minimum Gasteiger partial charge on any atom is -0.468 e. The van der Waals surface area contributed by atoms with Gasteiger partial charge in [0.05, 0.1) is 7.11 Å². The first-order valence-corrected chi connectivity index (χ1v) is 4.40. The van der Waals surface area contributed by atoms with Crippen LogP contribution in [0.1, 0.15) is 11.6 Å². The molecule has 6 heteroatoms. The third-order valence-corrected chi connectivity index (χ3v) is 2.07. The molecule has 88 valence electrons. The second-order valence-electron chi connectivity index (χ2n) is 3.04. The van der Waals surface area contributed by atoms with Gasteiger partial charge in [-0.2, -0.15) is 0 Å². The number of carbonyl (C=O) groups is 1. The lowest BCUT2D eigenvalue weighted by molar-refractivity contribution is -0.143. The van der Waals surface area contributed by atoms with Gasteiger partial charge in [-0.05, 0) is 24.7 Å². The molecule has 0 aliphatic carbocycles. The average molecular weight is 233 g/mol. The summed E-state index contributed by atoms with van der Waals surface area (Å²) >= 11 is 0. The van der Waals surface area contributed by atoms with E-state index in [1.54, 1.807) is 0 Å². The lowest BCUT2D eigenvalue weighted by Gasteiger charge is -2.14. The zero-order valence-corrected chi connectivity index (χ0v) is 8.68. The second kappa shape index (κ2) is 4.98. The molecule has 0 fully saturated rings. The minimum absolute atomic E-state index is 0.0363. The number of esters is 1. The van der Waals surface area contributed by atoms with E-state index in [1.807, 2.05) is 0 Å². The lowest BCUT2D eigenvalue weighted by Crippen LogP contribution is -2.26. The van der Waals surface area contributed by atoms with Crippen LogP contribution in [0.2, 0.25) is 0 Å². The maximum Gasteiger partial charge on any atom is 0.327 e. The molecule has 0 heterocycles. The number of ether oxygens (including phenoxy) is 1. The molecule has 0 aliphatic rings. The van der Waals surface area contributed by atoms with Crippen LogP contribution in [-0.4, -0.2) is 20.1 Å². The molecule has 1 N–H and O–H groups in total. The number of carbonyl (C=O) groups excluding carboxylic acids is 1. The topological polar surface area (TPSA) is 38.3 Å². The Kier molecular flexibility index (Phi) is 3.89. The van der Waals surface area contributed by atoms with E-state index in [2.05, 4.69) is 10.1 Å². The van der Waals surface area contributed by atoms with Gasteiger partial charge in [-0.25, -0.2) is 18.0 Å². The van der Waals surface area contributed by atoms with E-state index in [4.69, 9.17) is 0 Å². The van der Waals surface area contributed by atoms with Gasteiger partial charge in [0.25, 0.3) is 0 Å². The number of hydrogen-bond donors (Lipinski definition) is 1. The lowest BCUT2D eigenvalue weighted by atomic mass is 10.1. The highest BCUT2D eigenvalue weighted by Gasteiger charge is 2.22. The average Bonchev–Trinajstić information content (AvgIpc) is 2.26. The van der Waals surface area contributed by atoms with Gasteiger partial charge >= 0.3 is 5.97 Å². The maximum absolute atomic E-state index is 12.9. The van der Waals surface area contributed by atoms with Gasteiger partial charge in [0.15, 0.2) is 17.5 Å². The summed E-state index contributed by atoms with van der Waals surface area (Å²) in [5.41, 5.74) is -0.0363. The number of benzene rings is 1. The van der Waals surface area contributed by atoms with E-state index in [9.17, 15) is 18.0 Å². The highest BCUT2D eigenvalue weighted by Crippen LogP contribution is 2.20. The van der Waals surface area contributed by atoms with E-state index in [-0.39, 0.29) is 5.56 Å². The standard InChI is InChI=1S/C10H10F3NO2/c1-14-9(10(15)16-2)5-3-6(11)8(13)7(12)4-5/h3-4,9,14H,1-2H3/t9-/m0/s1. The van der Waals surface area contributed by atoms with Gasteiger partial charge in [-0.1, -0.05) is 0 Å². The van der Waals surface area contributed by atoms with Crippen molar-refractivity contribution < 1.29 is 22.7 Å². The highest BCUT2D eigenvalue weighted by atomic mass is 19.2. The first kappa shape index (κ1) is 12.5. The Morgan fingerprint density at radius 2 is 1.81 bits per heavy atom. The fourth-order valence-electron chi connectivity index (χ4n) is 1.28. The quantitative estimate of drug-likeness (QED) is 0.635. The van der Waals surface area contributed by atoms with Crippen LogP contribution in [0.3, 0.4) is 0 Å². The first-order chi connectivity index (χ1) is 7.51. The van der Waals surface area contributed by atoms with Crippen molar-refractivity contribution in [1.82, 2.24) is 5.32 Å². The number of hydrogen-bond acceptors (Lipinski definition) is 3. The number of nitrogens with one attached hydrogen (secondary N) is 1. The molecule has 0 aliphatic heterocycles. The van der Waals surface area contributed by atoms with E-state index in [0.717, 1.165) is 19.2 Å². The first-order valence-electron chi connectivity index (χ1n) is 4.40. The highest BCUT2D eigenvalue weighted by molar-refractivity contribution is 5.77. The molecule has 3 nitrogen and oxygen atoms in total. The van der Waals surface area contributed by atoms with E-state index in [1.165, 1.54) is 7.05 Å². The fraction of sp³-hybridized carbons (Fsp3) is 0.300. The number of likely N-dealkylation sites (N-methyl/N-ethyl adjacent to an activating group) is 1. The maximum atomic E-state index is 12.9. The zero-order chi connectivity index (χ0) is 12.3. The van der Waals surface area contributed by atoms with Crippen LogP contribution in [0.4, 0.5) is 13.2 Å². The summed E-state index contributed by atoms with van der Waals surface area (Å²) in [6.45, 7) is 0. The molecule has 0 bridgehead atoms. The van der Waals surface area contributed by atoms with Crippen LogP contribution in [0.25, 0.3) is 0 Å². The molecule has 0 radical (unpaired) electrons. The third-order valence-electron chi connectivity index (χ3n) is 2.07. The Hall–Kier alpha value is -1.56. The van der Waals surface area contributed by atoms with Gasteiger partial charge in [-0.15, -0.1) is 0 Å². The van der Waals surface area contributed by atoms with Crippen molar-refractivity contribution in [3.8, 4) is 0 Å². The van der Waals surface area contributed by atoms with Crippen LogP contribution in [0.5, 0.6) is 0 Å². The van der Waals surface area contributed by atoms with Gasteiger partial charge in [0.2, 0.25) is 0 Å². The van der Waals surface area contributed by atoms with Gasteiger partial charge in [-0.3, -0.25) is 0 Å². The van der Waals surface area contributed by atoms with Crippen molar-refractivity contribution in [2.45, 2.75) is 6.04 Å². The smallest absolute Gasteiger partial charge is 0.327 e. The summed E-state index contributed by atoms with van der Waals surface area (Å²) in [6, 6.07) is 0.460. The molecule has 0 saturated heterocycles. The van der Waals surface area contributed by atoms with Crippen LogP contribution in [-0.2, 0) is 9.53 Å². The Morgan fingerprint density at radius 1 is 1.31 bits per heavy atom. The van der Waals surface area contributed by atoms with E-state index >= 15 is 0 Å². The molecule has 0 unspecified atom stereocenters. The minimum atomic E-state index is -1.57. The van der Waals surface area contributed by atoms with Gasteiger partial charge in [0, 0.05) is 0 Å². The molecule has 0 saturated carbocycles. The molecule has 0 aromatic heterocycles. The third kappa shape index (κ3) is 2.33. The van der Waals surface area contributed by atoms with Crippen LogP contribution in [0, 0.1) is 17.5 Å². The van der Waals surface area contributed by atoms with Crippen LogP contribution in [0.15, 0.2) is 12.1 Å². The van der Waals surface area contributed by atoms with E-state index in [0.29, 0.717) is 0 Å². The summed E-state index contributed by atoms with van der Waals surface area (Å²) in [4.78, 5) is 11.2. The molecule has 1 rings (SSSR count). The molecule has 16 heavy (non-hydrogen) atoms. The molecule has 1 aromatic rings. The Bertz CT molecular complexity index is 386. The van der Waals surface area contributed by atoms with Crippen molar-refractivity contribution in [2.75, 3.05) is 14.2 Å². The monoisotopic (exact) mass is 233 g/mol. The fourth-order valence-corrected chi connectivity index (χ4v) is 1.28. The molecule has 1 aromatic carbocycles. The number of halogens is 3. The van der Waals surface area contributed by atoms with Crippen molar-refractivity contribution in [3.63, 3.8) is 0 Å². The van der Waals surface area contributed by atoms with Gasteiger partial charge in [0.1, 0.15) is 6.04 Å². The Labute approximate surface area is 90.2 Å². The largest absolute Gasteiger partial charge is 0.468 e. The van der Waals surface area contributed by atoms with Crippen molar-refractivity contribution in [3.05, 3.63) is 35.1 Å². The van der Waals surface area contributed by atoms with Gasteiger partial charge < -0.3 is 10.1 Å². The summed E-state index contributed by atoms with van der Waals surface area (Å²) in [6.07, 6.45) is 0. The second-order valence-corrected chi connectivity index (χ2v) is 3.04. The van der Waals surface area contributed by atoms with Crippen molar-refractivity contribution in [2.24, 2.45) is 0 Å². The summed E-state index contributed by atoms with van der Waals surface area (Å²) in [5.74, 6) is -4.98. The van der Waals surface area contributed by atoms with Crippen molar-refractivity contribution in [1.29, 1.82) is 0 Å². The molecular weight excluding hydrogens is 223 g/mol. The predicted molar refractivity (Wildman–Crippen MR) is 50.1 cm³/mol. The Morgan fingerprint density at radius 3 is 2.19 bits per heavy atom. The van der Waals surface area contributed by atoms with Crippen LogP contribution >= 0.6 is 0 Å². The summed E-state index contributed by atoms with van der Waals surface area (Å²) in [5, 5.41) is 2.51. The number of methoxy groups -OCH3 is 1. The van der Waals surface area contributed by atoms with Crippen molar-refractivity contribution >= 4 is 5.97 Å². The summed E-state index contributed by atoms with van der Waals surface area (Å²) < 4.78 is 42.9. The normalized spacial score (nSPS) is 12.3. The molecule has 1 atom stereocenters. The molecular formula is C10H10F3NO2. The number of rotatable bonds is 3. The predicted octanol–water partition coefficient (Wildman–Crippen LogP) is 1.54. The van der Waals surface area contributed by atoms with E-state index < -0.39 is 29.5 Å². The SMILES string of the molecule is CN[C@H](C(=O)OC)c1cc(F)c(F)c(F)c1. The van der Waals surface area contributed by atoms with Crippen LogP contribution < -0.4 is 5.32 Å². The zero-order valence-electron chi connectivity index (χ0n) is 8.68. The molecule has 0 spiro atoms. The Balaban J connectivity index is 3.16. The molecule has 0 amide bonds.